The van der Waals surface area contributed by atoms with Crippen molar-refractivity contribution in [3.05, 3.63) is 47.5 Å². The van der Waals surface area contributed by atoms with Crippen LogP contribution in [0.1, 0.15) is 30.8 Å². The van der Waals surface area contributed by atoms with Crippen LogP contribution in [0.15, 0.2) is 30.6 Å². The molecule has 21 heavy (non-hydrogen) atoms. The van der Waals surface area contributed by atoms with Crippen LogP contribution < -0.4 is 5.32 Å². The molecule has 0 saturated heterocycles. The lowest BCUT2D eigenvalue weighted by atomic mass is 10.1. The fraction of sp³-hybridized carbons (Fsp3) is 0.312. The van der Waals surface area contributed by atoms with E-state index < -0.39 is 0 Å². The molecule has 0 saturated carbocycles. The summed E-state index contributed by atoms with van der Waals surface area (Å²) in [7, 11) is 0. The van der Waals surface area contributed by atoms with Gasteiger partial charge in [0, 0.05) is 6.54 Å². The van der Waals surface area contributed by atoms with Gasteiger partial charge in [-0.15, -0.1) is 0 Å². The van der Waals surface area contributed by atoms with Crippen molar-refractivity contribution in [1.82, 2.24) is 14.9 Å². The van der Waals surface area contributed by atoms with Crippen LogP contribution in [-0.4, -0.2) is 16.1 Å². The second kappa shape index (κ2) is 6.69. The maximum Gasteiger partial charge on any atom is 0.177 e. The molecule has 1 aromatic carbocycles. The van der Waals surface area contributed by atoms with Gasteiger partial charge in [0.25, 0.3) is 0 Å². The summed E-state index contributed by atoms with van der Waals surface area (Å²) < 4.78 is 1.67. The van der Waals surface area contributed by atoms with Crippen molar-refractivity contribution in [3.8, 4) is 17.8 Å². The van der Waals surface area contributed by atoms with E-state index in [9.17, 15) is 5.26 Å². The number of nitrogens with one attached hydrogen (secondary N) is 1. The number of hydrogen-bond donors (Lipinski definition) is 1. The van der Waals surface area contributed by atoms with Gasteiger partial charge >= 0.3 is 0 Å². The summed E-state index contributed by atoms with van der Waals surface area (Å²) >= 11 is 0. The smallest absolute Gasteiger partial charge is 0.177 e. The standard InChI is InChI=1S/C16H17N5/c1-12(2)9-19-10-13-5-3-4-6-15(13)21-11-20-14(7-17)16(21)8-18/h3-6,11-12,19H,9-10H2,1-2H3. The number of aromatic nitrogens is 2. The molecule has 0 aliphatic rings. The Hall–Kier alpha value is -2.63. The van der Waals surface area contributed by atoms with E-state index in [1.807, 2.05) is 30.3 Å². The van der Waals surface area contributed by atoms with E-state index in [4.69, 9.17) is 5.26 Å². The van der Waals surface area contributed by atoms with Crippen LogP contribution in [-0.2, 0) is 6.54 Å². The zero-order valence-electron chi connectivity index (χ0n) is 12.2. The third kappa shape index (κ3) is 3.28. The zero-order chi connectivity index (χ0) is 15.2. The summed E-state index contributed by atoms with van der Waals surface area (Å²) in [6, 6.07) is 11.8. The lowest BCUT2D eigenvalue weighted by Gasteiger charge is -2.13. The van der Waals surface area contributed by atoms with E-state index in [0.717, 1.165) is 17.8 Å². The number of para-hydroxylation sites is 1. The van der Waals surface area contributed by atoms with Crippen molar-refractivity contribution in [2.75, 3.05) is 6.54 Å². The zero-order valence-corrected chi connectivity index (χ0v) is 12.2. The lowest BCUT2D eigenvalue weighted by molar-refractivity contribution is 0.551. The summed E-state index contributed by atoms with van der Waals surface area (Å²) in [4.78, 5) is 3.99. The summed E-state index contributed by atoms with van der Waals surface area (Å²) in [6.45, 7) is 5.94. The van der Waals surface area contributed by atoms with Crippen LogP contribution in [0.2, 0.25) is 0 Å². The Bertz CT molecular complexity index is 700. The maximum absolute atomic E-state index is 9.24. The molecule has 2 aromatic rings. The minimum atomic E-state index is 0.155. The first-order valence-corrected chi connectivity index (χ1v) is 6.84. The molecule has 106 valence electrons. The number of imidazole rings is 1. The average Bonchev–Trinajstić information content (AvgIpc) is 2.90. The molecule has 5 heteroatoms. The third-order valence-corrected chi connectivity index (χ3v) is 3.10. The summed E-state index contributed by atoms with van der Waals surface area (Å²) in [5.41, 5.74) is 2.37. The Morgan fingerprint density at radius 3 is 2.67 bits per heavy atom. The number of hydrogen-bond acceptors (Lipinski definition) is 4. The minimum Gasteiger partial charge on any atom is -0.312 e. The number of rotatable bonds is 5. The van der Waals surface area contributed by atoms with Crippen LogP contribution in [0.5, 0.6) is 0 Å². The Kier molecular flexibility index (Phi) is 4.71. The fourth-order valence-corrected chi connectivity index (χ4v) is 2.11. The quantitative estimate of drug-likeness (QED) is 0.911. The highest BCUT2D eigenvalue weighted by Crippen LogP contribution is 2.18. The predicted octanol–water partition coefficient (Wildman–Crippen LogP) is 2.36. The number of nitrogens with zero attached hydrogens (tertiary/aromatic N) is 4. The highest BCUT2D eigenvalue weighted by Gasteiger charge is 2.13. The molecule has 0 spiro atoms. The van der Waals surface area contributed by atoms with E-state index in [2.05, 4.69) is 30.2 Å². The van der Waals surface area contributed by atoms with Gasteiger partial charge in [-0.2, -0.15) is 10.5 Å². The number of nitriles is 2. The van der Waals surface area contributed by atoms with E-state index in [1.165, 1.54) is 6.33 Å². The summed E-state index contributed by atoms with van der Waals surface area (Å²) in [5, 5.41) is 21.6. The highest BCUT2D eigenvalue weighted by molar-refractivity contribution is 5.48. The third-order valence-electron chi connectivity index (χ3n) is 3.10. The first-order chi connectivity index (χ1) is 10.2. The van der Waals surface area contributed by atoms with Gasteiger partial charge in [-0.3, -0.25) is 4.57 Å². The van der Waals surface area contributed by atoms with Gasteiger partial charge in [0.1, 0.15) is 18.5 Å². The van der Waals surface area contributed by atoms with Crippen LogP contribution in [0.4, 0.5) is 0 Å². The van der Waals surface area contributed by atoms with Crippen LogP contribution in [0.3, 0.4) is 0 Å². The van der Waals surface area contributed by atoms with E-state index in [0.29, 0.717) is 12.5 Å². The molecule has 1 heterocycles. The highest BCUT2D eigenvalue weighted by atomic mass is 15.1. The Morgan fingerprint density at radius 2 is 2.00 bits per heavy atom. The molecular weight excluding hydrogens is 262 g/mol. The molecule has 0 unspecified atom stereocenters. The molecule has 5 nitrogen and oxygen atoms in total. The predicted molar refractivity (Wildman–Crippen MR) is 79.5 cm³/mol. The van der Waals surface area contributed by atoms with Crippen molar-refractivity contribution in [2.45, 2.75) is 20.4 Å². The molecule has 2 rings (SSSR count). The Morgan fingerprint density at radius 1 is 1.24 bits per heavy atom. The SMILES string of the molecule is CC(C)CNCc1ccccc1-n1cnc(C#N)c1C#N. The average molecular weight is 279 g/mol. The maximum atomic E-state index is 9.24. The first-order valence-electron chi connectivity index (χ1n) is 6.84. The summed E-state index contributed by atoms with van der Waals surface area (Å²) in [5.74, 6) is 0.574. The Labute approximate surface area is 124 Å². The van der Waals surface area contributed by atoms with Gasteiger partial charge in [-0.25, -0.2) is 4.98 Å². The van der Waals surface area contributed by atoms with Crippen LogP contribution >= 0.6 is 0 Å². The minimum absolute atomic E-state index is 0.155. The van der Waals surface area contributed by atoms with Gasteiger partial charge in [0.2, 0.25) is 0 Å². The van der Waals surface area contributed by atoms with E-state index in [-0.39, 0.29) is 11.4 Å². The molecule has 0 aliphatic carbocycles. The topological polar surface area (TPSA) is 77.4 Å². The van der Waals surface area contributed by atoms with Gasteiger partial charge in [-0.05, 0) is 24.1 Å². The largest absolute Gasteiger partial charge is 0.312 e. The molecule has 0 radical (unpaired) electrons. The van der Waals surface area contributed by atoms with E-state index in [1.54, 1.807) is 4.57 Å². The van der Waals surface area contributed by atoms with Gasteiger partial charge in [0.15, 0.2) is 11.4 Å². The molecule has 1 N–H and O–H groups in total. The molecule has 0 aliphatic heterocycles. The first kappa shape index (κ1) is 14.8. The van der Waals surface area contributed by atoms with Crippen molar-refractivity contribution >= 4 is 0 Å². The molecule has 0 amide bonds. The second-order valence-corrected chi connectivity index (χ2v) is 5.19. The van der Waals surface area contributed by atoms with Gasteiger partial charge in [0.05, 0.1) is 5.69 Å². The van der Waals surface area contributed by atoms with E-state index >= 15 is 0 Å². The van der Waals surface area contributed by atoms with Crippen molar-refractivity contribution in [3.63, 3.8) is 0 Å². The van der Waals surface area contributed by atoms with Crippen LogP contribution in [0.25, 0.3) is 5.69 Å². The normalized spacial score (nSPS) is 10.3. The van der Waals surface area contributed by atoms with Crippen molar-refractivity contribution < 1.29 is 0 Å². The molecular formula is C16H17N5. The van der Waals surface area contributed by atoms with Crippen LogP contribution in [0, 0.1) is 28.6 Å². The molecule has 0 fully saturated rings. The second-order valence-electron chi connectivity index (χ2n) is 5.19. The number of benzene rings is 1. The van der Waals surface area contributed by atoms with Crippen molar-refractivity contribution in [2.24, 2.45) is 5.92 Å². The molecule has 0 bridgehead atoms. The monoisotopic (exact) mass is 279 g/mol. The van der Waals surface area contributed by atoms with Gasteiger partial charge in [-0.1, -0.05) is 32.0 Å². The fourth-order valence-electron chi connectivity index (χ4n) is 2.11. The lowest BCUT2D eigenvalue weighted by Crippen LogP contribution is -2.20. The molecule has 0 atom stereocenters. The van der Waals surface area contributed by atoms with Crippen molar-refractivity contribution in [1.29, 1.82) is 10.5 Å². The summed E-state index contributed by atoms with van der Waals surface area (Å²) in [6.07, 6.45) is 1.53. The molecule has 1 aromatic heterocycles. The Balaban J connectivity index is 2.35. The van der Waals surface area contributed by atoms with Gasteiger partial charge < -0.3 is 5.32 Å².